The molecule has 0 aliphatic heterocycles. The minimum Gasteiger partial charge on any atom is -0.507 e. The van der Waals surface area contributed by atoms with Crippen LogP contribution in [0.15, 0.2) is 59.3 Å². The van der Waals surface area contributed by atoms with Gasteiger partial charge >= 0.3 is 0 Å². The summed E-state index contributed by atoms with van der Waals surface area (Å²) in [4.78, 5) is 0. The van der Waals surface area contributed by atoms with Gasteiger partial charge < -0.3 is 21.7 Å². The zero-order valence-electron chi connectivity index (χ0n) is 15.9. The van der Waals surface area contributed by atoms with Crippen LogP contribution in [0, 0.1) is 13.8 Å². The molecule has 4 nitrogen and oxygen atoms in total. The predicted molar refractivity (Wildman–Crippen MR) is 121 cm³/mol. The van der Waals surface area contributed by atoms with Crippen LogP contribution in [-0.4, -0.2) is 10.2 Å². The molecule has 29 heavy (non-hydrogen) atoms. The number of hydrogen-bond acceptors (Lipinski definition) is 6. The molecule has 0 atom stereocenters. The molecule has 6 N–H and O–H groups in total. The van der Waals surface area contributed by atoms with Gasteiger partial charge in [0.25, 0.3) is 0 Å². The quantitative estimate of drug-likeness (QED) is 0.268. The molecule has 2 aromatic heterocycles. The Morgan fingerprint density at radius 2 is 1.03 bits per heavy atom. The first kappa shape index (κ1) is 22.8. The van der Waals surface area contributed by atoms with Crippen molar-refractivity contribution in [3.63, 3.8) is 0 Å². The van der Waals surface area contributed by atoms with Gasteiger partial charge in [-0.3, -0.25) is 0 Å². The molecule has 4 aromatic rings. The minimum absolute atomic E-state index is 0. The first-order chi connectivity index (χ1) is 13.3. The zero-order valence-corrected chi connectivity index (χ0v) is 18.5. The van der Waals surface area contributed by atoms with E-state index in [0.717, 1.165) is 43.4 Å². The summed E-state index contributed by atoms with van der Waals surface area (Å²) in [7, 11) is 0. The Hall–Kier alpha value is -2.44. The topological polar surface area (TPSA) is 92.5 Å². The maximum Gasteiger partial charge on any atom is 0.123 e. The van der Waals surface area contributed by atoms with Gasteiger partial charge in [0.15, 0.2) is 0 Å². The van der Waals surface area contributed by atoms with E-state index < -0.39 is 0 Å². The molecule has 155 valence electrons. The number of phenolic OH excluding ortho intramolecular Hbond substituents is 2. The fourth-order valence-corrected chi connectivity index (χ4v) is 4.06. The molecule has 0 amide bonds. The van der Waals surface area contributed by atoms with Crippen LogP contribution in [0.4, 0.5) is 10.0 Å². The number of anilines is 2. The minimum atomic E-state index is 0. The van der Waals surface area contributed by atoms with E-state index in [0.29, 0.717) is 11.5 Å². The summed E-state index contributed by atoms with van der Waals surface area (Å²) in [5.74, 6) is 0.599. The van der Waals surface area contributed by atoms with Gasteiger partial charge in [-0.2, -0.15) is 0 Å². The summed E-state index contributed by atoms with van der Waals surface area (Å²) >= 11 is 2.96. The van der Waals surface area contributed by atoms with Crippen molar-refractivity contribution < 1.29 is 27.3 Å². The summed E-state index contributed by atoms with van der Waals surface area (Å²) in [6.45, 7) is 4.00. The SMILES string of the molecule is Cc1ccc(O)c(-c2csc(N)c2)c1.Cc1ccc(O)c(-c2csc(N)c2)c1.[Cu]. The van der Waals surface area contributed by atoms with Gasteiger partial charge in [-0.1, -0.05) is 23.3 Å². The first-order valence-electron chi connectivity index (χ1n) is 8.61. The molecule has 0 saturated heterocycles. The van der Waals surface area contributed by atoms with Crippen LogP contribution in [0.5, 0.6) is 11.5 Å². The summed E-state index contributed by atoms with van der Waals surface area (Å²) in [6.07, 6.45) is 0. The third kappa shape index (κ3) is 5.78. The molecular formula is C22H22CuN2O2S2. The second-order valence-corrected chi connectivity index (χ2v) is 8.40. The van der Waals surface area contributed by atoms with E-state index >= 15 is 0 Å². The number of thiophene rings is 2. The summed E-state index contributed by atoms with van der Waals surface area (Å²) in [6, 6.07) is 14.8. The van der Waals surface area contributed by atoms with Gasteiger partial charge in [0.2, 0.25) is 0 Å². The molecule has 4 rings (SSSR count). The molecule has 0 saturated carbocycles. The van der Waals surface area contributed by atoms with Gasteiger partial charge in [0.1, 0.15) is 11.5 Å². The summed E-state index contributed by atoms with van der Waals surface area (Å²) in [5, 5.41) is 24.7. The molecule has 0 aliphatic rings. The van der Waals surface area contributed by atoms with Crippen molar-refractivity contribution in [3.05, 3.63) is 70.4 Å². The molecule has 0 aliphatic carbocycles. The van der Waals surface area contributed by atoms with Gasteiger partial charge in [0, 0.05) is 39.0 Å². The van der Waals surface area contributed by atoms with Gasteiger partial charge in [0.05, 0.1) is 10.0 Å². The fourth-order valence-electron chi connectivity index (χ4n) is 2.75. The Bertz CT molecular complexity index is 1020. The van der Waals surface area contributed by atoms with Crippen LogP contribution in [0.3, 0.4) is 0 Å². The van der Waals surface area contributed by atoms with Crippen molar-refractivity contribution in [1.82, 2.24) is 0 Å². The van der Waals surface area contributed by atoms with E-state index in [9.17, 15) is 10.2 Å². The molecule has 0 fully saturated rings. The summed E-state index contributed by atoms with van der Waals surface area (Å²) in [5.41, 5.74) is 17.2. The van der Waals surface area contributed by atoms with Crippen molar-refractivity contribution in [2.24, 2.45) is 0 Å². The number of nitrogen functional groups attached to an aromatic ring is 2. The molecular weight excluding hydrogens is 452 g/mol. The zero-order chi connectivity index (χ0) is 20.3. The standard InChI is InChI=1S/2C11H11NOS.Cu/c2*1-7-2-3-10(13)9(4-7)8-5-11(12)14-6-8;/h2*2-6,13H,12H2,1H3;. The Balaban J connectivity index is 0.000000200. The average molecular weight is 474 g/mol. The number of phenols is 2. The normalized spacial score (nSPS) is 10.0. The van der Waals surface area contributed by atoms with Crippen LogP contribution in [0.2, 0.25) is 0 Å². The van der Waals surface area contributed by atoms with Crippen LogP contribution in [-0.2, 0) is 17.1 Å². The molecule has 1 radical (unpaired) electrons. The number of aromatic hydroxyl groups is 2. The number of aryl methyl sites for hydroxylation is 2. The Labute approximate surface area is 188 Å². The second kappa shape index (κ2) is 9.85. The second-order valence-electron chi connectivity index (χ2n) is 6.52. The average Bonchev–Trinajstić information content (AvgIpc) is 3.28. The van der Waals surface area contributed by atoms with Gasteiger partial charge in [-0.15, -0.1) is 22.7 Å². The Morgan fingerprint density at radius 1 is 0.655 bits per heavy atom. The van der Waals surface area contributed by atoms with E-state index in [2.05, 4.69) is 0 Å². The molecule has 2 heterocycles. The smallest absolute Gasteiger partial charge is 0.123 e. The number of rotatable bonds is 2. The van der Waals surface area contributed by atoms with Crippen LogP contribution >= 0.6 is 22.7 Å². The fraction of sp³-hybridized carbons (Fsp3) is 0.0909. The van der Waals surface area contributed by atoms with Crippen molar-refractivity contribution >= 4 is 32.7 Å². The number of nitrogens with two attached hydrogens (primary N) is 2. The van der Waals surface area contributed by atoms with E-state index in [-0.39, 0.29) is 17.1 Å². The number of benzene rings is 2. The van der Waals surface area contributed by atoms with E-state index in [1.165, 1.54) is 22.7 Å². The van der Waals surface area contributed by atoms with Crippen molar-refractivity contribution in [3.8, 4) is 33.8 Å². The molecule has 0 unspecified atom stereocenters. The van der Waals surface area contributed by atoms with Crippen molar-refractivity contribution in [2.45, 2.75) is 13.8 Å². The van der Waals surface area contributed by atoms with Crippen LogP contribution in [0.25, 0.3) is 22.3 Å². The van der Waals surface area contributed by atoms with Crippen molar-refractivity contribution in [2.75, 3.05) is 11.5 Å². The summed E-state index contributed by atoms with van der Waals surface area (Å²) < 4.78 is 0. The number of hydrogen-bond donors (Lipinski definition) is 4. The van der Waals surface area contributed by atoms with E-state index in [4.69, 9.17) is 11.5 Å². The predicted octanol–water partition coefficient (Wildman–Crippen LogP) is 6.02. The van der Waals surface area contributed by atoms with E-state index in [1.54, 1.807) is 12.1 Å². The van der Waals surface area contributed by atoms with Crippen LogP contribution < -0.4 is 11.5 Å². The first-order valence-corrected chi connectivity index (χ1v) is 10.4. The van der Waals surface area contributed by atoms with Gasteiger partial charge in [-0.25, -0.2) is 0 Å². The van der Waals surface area contributed by atoms with E-state index in [1.807, 2.05) is 61.0 Å². The molecule has 7 heteroatoms. The molecule has 0 spiro atoms. The monoisotopic (exact) mass is 473 g/mol. The Kier molecular flexibility index (Phi) is 7.76. The largest absolute Gasteiger partial charge is 0.507 e. The van der Waals surface area contributed by atoms with Crippen LogP contribution in [0.1, 0.15) is 11.1 Å². The molecule has 2 aromatic carbocycles. The third-order valence-electron chi connectivity index (χ3n) is 4.17. The maximum atomic E-state index is 9.66. The maximum absolute atomic E-state index is 9.66. The van der Waals surface area contributed by atoms with Crippen molar-refractivity contribution in [1.29, 1.82) is 0 Å². The van der Waals surface area contributed by atoms with Gasteiger partial charge in [-0.05, 0) is 61.4 Å². The third-order valence-corrected chi connectivity index (χ3v) is 5.69. The molecule has 0 bridgehead atoms. The Morgan fingerprint density at radius 3 is 1.34 bits per heavy atom.